The van der Waals surface area contributed by atoms with Crippen LogP contribution in [0.2, 0.25) is 0 Å². The summed E-state index contributed by atoms with van der Waals surface area (Å²) in [5.74, 6) is 0. The van der Waals surface area contributed by atoms with Crippen molar-refractivity contribution in [3.05, 3.63) is 35.2 Å². The van der Waals surface area contributed by atoms with Gasteiger partial charge in [-0.05, 0) is 30.2 Å². The highest BCUT2D eigenvalue weighted by Crippen LogP contribution is 2.38. The molecule has 29 heavy (non-hydrogen) atoms. The first-order valence-corrected chi connectivity index (χ1v) is 10.9. The molecule has 0 bridgehead atoms. The Labute approximate surface area is 174 Å². The van der Waals surface area contributed by atoms with Crippen molar-refractivity contribution < 1.29 is 4.79 Å². The van der Waals surface area contributed by atoms with Crippen LogP contribution in [-0.4, -0.2) is 21.1 Å². The molecule has 0 aliphatic rings. The molecule has 2 aromatic heterocycles. The minimum atomic E-state index is -0.108. The first-order chi connectivity index (χ1) is 13.6. The van der Waals surface area contributed by atoms with E-state index in [1.54, 1.807) is 0 Å². The molecule has 4 heteroatoms. The van der Waals surface area contributed by atoms with Crippen molar-refractivity contribution in [2.45, 2.75) is 91.5 Å². The van der Waals surface area contributed by atoms with Crippen molar-refractivity contribution >= 4 is 28.1 Å². The molecule has 0 spiro atoms. The van der Waals surface area contributed by atoms with Gasteiger partial charge in [0.1, 0.15) is 11.8 Å². The second-order valence-corrected chi connectivity index (χ2v) is 10.1. The largest absolute Gasteiger partial charge is 0.303 e. The van der Waals surface area contributed by atoms with Crippen LogP contribution in [0.1, 0.15) is 84.7 Å². The van der Waals surface area contributed by atoms with Crippen molar-refractivity contribution in [1.29, 1.82) is 0 Å². The zero-order valence-electron chi connectivity index (χ0n) is 19.1. The van der Waals surface area contributed by atoms with E-state index < -0.39 is 0 Å². The smallest absolute Gasteiger partial charge is 0.120 e. The Morgan fingerprint density at radius 1 is 1.03 bits per heavy atom. The predicted molar refractivity (Wildman–Crippen MR) is 122 cm³/mol. The number of aldehydes is 1. The molecule has 4 nitrogen and oxygen atoms in total. The van der Waals surface area contributed by atoms with Crippen LogP contribution in [0.15, 0.2) is 18.2 Å². The third-order valence-corrected chi connectivity index (χ3v) is 5.50. The lowest BCUT2D eigenvalue weighted by atomic mass is 9.83. The Bertz CT molecular complexity index is 1030. The number of hydrogen-bond acceptors (Lipinski definition) is 3. The molecule has 0 amide bonds. The molecule has 0 aliphatic heterocycles. The van der Waals surface area contributed by atoms with Gasteiger partial charge in [-0.2, -0.15) is 5.10 Å². The summed E-state index contributed by atoms with van der Waals surface area (Å²) in [6, 6.07) is 6.54. The van der Waals surface area contributed by atoms with Crippen LogP contribution in [0.3, 0.4) is 0 Å². The Hall–Kier alpha value is -2.23. The van der Waals surface area contributed by atoms with Gasteiger partial charge in [0.15, 0.2) is 0 Å². The van der Waals surface area contributed by atoms with Crippen LogP contribution in [0.5, 0.6) is 0 Å². The van der Waals surface area contributed by atoms with Crippen LogP contribution in [0.25, 0.3) is 21.8 Å². The average molecular weight is 394 g/mol. The normalized spacial score (nSPS) is 12.8. The summed E-state index contributed by atoms with van der Waals surface area (Å²) in [4.78, 5) is 16.1. The molecule has 0 radical (unpaired) electrons. The summed E-state index contributed by atoms with van der Waals surface area (Å²) >= 11 is 0. The van der Waals surface area contributed by atoms with Crippen LogP contribution in [0.4, 0.5) is 0 Å². The number of aromatic nitrogens is 3. The minimum absolute atomic E-state index is 0.00638. The molecular weight excluding hydrogens is 358 g/mol. The summed E-state index contributed by atoms with van der Waals surface area (Å²) in [7, 11) is 0. The Kier molecular flexibility index (Phi) is 5.84. The second kappa shape index (κ2) is 7.89. The molecule has 0 unspecified atom stereocenters. The monoisotopic (exact) mass is 393 g/mol. The average Bonchev–Trinajstić information content (AvgIpc) is 2.98. The lowest BCUT2D eigenvalue weighted by molar-refractivity contribution is -0.107. The number of nitrogens with zero attached hydrogens (tertiary/aromatic N) is 3. The van der Waals surface area contributed by atoms with Gasteiger partial charge >= 0.3 is 0 Å². The number of rotatable bonds is 6. The maximum absolute atomic E-state index is 10.9. The fraction of sp³-hybridized carbons (Fsp3) is 0.560. The molecule has 0 atom stereocenters. The number of unbranched alkanes of at least 4 members (excludes halogenated alkanes) is 1. The van der Waals surface area contributed by atoms with Gasteiger partial charge in [-0.15, -0.1) is 0 Å². The SMILES string of the molecule is CCCn1nc2c(C(C)(C)C)nc3c(C(C)(C)C)cccc3c2c1CCCC=O. The van der Waals surface area contributed by atoms with Crippen molar-refractivity contribution in [3.8, 4) is 0 Å². The molecule has 0 N–H and O–H groups in total. The highest BCUT2D eigenvalue weighted by atomic mass is 16.1. The van der Waals surface area contributed by atoms with Gasteiger partial charge in [0.25, 0.3) is 0 Å². The van der Waals surface area contributed by atoms with Gasteiger partial charge in [-0.25, -0.2) is 4.98 Å². The third kappa shape index (κ3) is 4.08. The van der Waals surface area contributed by atoms with E-state index in [1.165, 1.54) is 22.0 Å². The van der Waals surface area contributed by atoms with Crippen LogP contribution in [-0.2, 0) is 28.6 Å². The van der Waals surface area contributed by atoms with Crippen LogP contribution < -0.4 is 0 Å². The van der Waals surface area contributed by atoms with Gasteiger partial charge < -0.3 is 4.79 Å². The van der Waals surface area contributed by atoms with Crippen molar-refractivity contribution in [3.63, 3.8) is 0 Å². The Morgan fingerprint density at radius 3 is 2.34 bits per heavy atom. The zero-order chi connectivity index (χ0) is 21.4. The number of fused-ring (bicyclic) bond motifs is 3. The summed E-state index contributed by atoms with van der Waals surface area (Å²) in [5.41, 5.74) is 5.58. The lowest BCUT2D eigenvalue weighted by Gasteiger charge is -2.24. The van der Waals surface area contributed by atoms with E-state index in [0.717, 1.165) is 48.8 Å². The number of para-hydroxylation sites is 1. The van der Waals surface area contributed by atoms with E-state index in [9.17, 15) is 4.79 Å². The number of carbonyl (C=O) groups excluding carboxylic acids is 1. The highest BCUT2D eigenvalue weighted by Gasteiger charge is 2.27. The quantitative estimate of drug-likeness (QED) is 0.375. The van der Waals surface area contributed by atoms with E-state index in [1.807, 2.05) is 0 Å². The van der Waals surface area contributed by atoms with Crippen LogP contribution >= 0.6 is 0 Å². The number of hydrogen-bond donors (Lipinski definition) is 0. The predicted octanol–water partition coefficient (Wildman–Crippen LogP) is 6.11. The van der Waals surface area contributed by atoms with E-state index in [2.05, 4.69) is 71.3 Å². The first kappa shape index (κ1) is 21.5. The molecular formula is C25H35N3O. The molecule has 3 rings (SSSR count). The number of benzene rings is 1. The van der Waals surface area contributed by atoms with Gasteiger partial charge in [-0.3, -0.25) is 4.68 Å². The highest BCUT2D eigenvalue weighted by molar-refractivity contribution is 6.08. The van der Waals surface area contributed by atoms with Crippen molar-refractivity contribution in [1.82, 2.24) is 14.8 Å². The Morgan fingerprint density at radius 2 is 1.76 bits per heavy atom. The lowest BCUT2D eigenvalue weighted by Crippen LogP contribution is -2.17. The third-order valence-electron chi connectivity index (χ3n) is 5.50. The van der Waals surface area contributed by atoms with Gasteiger partial charge in [0.2, 0.25) is 0 Å². The molecule has 0 saturated heterocycles. The molecule has 3 aromatic rings. The molecule has 0 saturated carbocycles. The summed E-state index contributed by atoms with van der Waals surface area (Å²) in [6.45, 7) is 16.4. The number of aryl methyl sites for hydroxylation is 2. The van der Waals surface area contributed by atoms with Gasteiger partial charge in [0.05, 0.1) is 11.2 Å². The topological polar surface area (TPSA) is 47.8 Å². The molecule has 1 aromatic carbocycles. The second-order valence-electron chi connectivity index (χ2n) is 10.1. The summed E-state index contributed by atoms with van der Waals surface area (Å²) in [6.07, 6.45) is 4.33. The van der Waals surface area contributed by atoms with Gasteiger partial charge in [-0.1, -0.05) is 66.7 Å². The zero-order valence-corrected chi connectivity index (χ0v) is 19.1. The van der Waals surface area contributed by atoms with E-state index >= 15 is 0 Å². The van der Waals surface area contributed by atoms with Crippen molar-refractivity contribution in [2.75, 3.05) is 0 Å². The standard InChI is InChI=1S/C25H35N3O/c1-8-15-28-19(14-9-10-16-29)20-17-12-11-13-18(24(2,3)4)21(17)26-23(22(20)27-28)25(5,6)7/h11-13,16H,8-10,14-15H2,1-7H3. The molecule has 0 aliphatic carbocycles. The van der Waals surface area contributed by atoms with Crippen LogP contribution in [0, 0.1) is 0 Å². The van der Waals surface area contributed by atoms with Gasteiger partial charge in [0, 0.05) is 34.8 Å². The van der Waals surface area contributed by atoms with Crippen molar-refractivity contribution in [2.24, 2.45) is 0 Å². The Balaban J connectivity index is 2.46. The summed E-state index contributed by atoms with van der Waals surface area (Å²) < 4.78 is 2.16. The molecule has 156 valence electrons. The van der Waals surface area contributed by atoms with E-state index in [-0.39, 0.29) is 10.8 Å². The van der Waals surface area contributed by atoms with E-state index in [0.29, 0.717) is 6.42 Å². The first-order valence-electron chi connectivity index (χ1n) is 10.9. The fourth-order valence-electron chi connectivity index (χ4n) is 4.11. The summed E-state index contributed by atoms with van der Waals surface area (Å²) in [5, 5.41) is 7.47. The fourth-order valence-corrected chi connectivity index (χ4v) is 4.11. The maximum atomic E-state index is 10.9. The molecule has 0 fully saturated rings. The minimum Gasteiger partial charge on any atom is -0.303 e. The maximum Gasteiger partial charge on any atom is 0.120 e. The van der Waals surface area contributed by atoms with E-state index in [4.69, 9.17) is 10.1 Å². The number of carbonyl (C=O) groups is 1. The number of pyridine rings is 1. The molecule has 2 heterocycles.